The van der Waals surface area contributed by atoms with Gasteiger partial charge in [0, 0.05) is 18.1 Å². The highest BCUT2D eigenvalue weighted by atomic mass is 19.2. The van der Waals surface area contributed by atoms with Crippen LogP contribution in [0.3, 0.4) is 0 Å². The van der Waals surface area contributed by atoms with Gasteiger partial charge in [0.25, 0.3) is 0 Å². The minimum atomic E-state index is -0.926. The van der Waals surface area contributed by atoms with Crippen LogP contribution in [0.15, 0.2) is 36.7 Å². The van der Waals surface area contributed by atoms with Crippen LogP contribution < -0.4 is 0 Å². The van der Waals surface area contributed by atoms with Gasteiger partial charge >= 0.3 is 0 Å². The second-order valence-electron chi connectivity index (χ2n) is 4.56. The third-order valence-electron chi connectivity index (χ3n) is 3.22. The summed E-state index contributed by atoms with van der Waals surface area (Å²) in [4.78, 5) is 3.87. The Bertz CT molecular complexity index is 880. The van der Waals surface area contributed by atoms with Gasteiger partial charge in [0.2, 0.25) is 0 Å². The van der Waals surface area contributed by atoms with Crippen molar-refractivity contribution in [1.29, 1.82) is 5.26 Å². The number of aromatic hydroxyl groups is 1. The molecule has 104 valence electrons. The molecule has 1 N–H and O–H groups in total. The van der Waals surface area contributed by atoms with E-state index in [1.807, 2.05) is 6.07 Å². The molecule has 6 heteroatoms. The number of nitrogens with zero attached hydrogens (tertiary/aromatic N) is 3. The zero-order valence-electron chi connectivity index (χ0n) is 10.7. The number of nitriles is 1. The summed E-state index contributed by atoms with van der Waals surface area (Å²) in [5.41, 5.74) is 1.16. The van der Waals surface area contributed by atoms with Crippen LogP contribution >= 0.6 is 0 Å². The molecule has 0 spiro atoms. The minimum Gasteiger partial charge on any atom is -0.506 e. The first-order valence-electron chi connectivity index (χ1n) is 6.11. The number of aromatic nitrogens is 2. The molecule has 3 aromatic rings. The zero-order valence-corrected chi connectivity index (χ0v) is 10.7. The topological polar surface area (TPSA) is 61.8 Å². The first kappa shape index (κ1) is 13.1. The molecule has 3 rings (SSSR count). The fraction of sp³-hybridized carbons (Fsp3) is 0.0667. The number of benzene rings is 1. The van der Waals surface area contributed by atoms with Crippen LogP contribution in [0, 0.1) is 23.0 Å². The monoisotopic (exact) mass is 285 g/mol. The molecular formula is C15H9F2N3O. The molecule has 0 saturated carbocycles. The first-order valence-corrected chi connectivity index (χ1v) is 6.11. The maximum atomic E-state index is 13.2. The zero-order chi connectivity index (χ0) is 15.0. The highest BCUT2D eigenvalue weighted by Gasteiger charge is 2.12. The highest BCUT2D eigenvalue weighted by Crippen LogP contribution is 2.27. The van der Waals surface area contributed by atoms with Crippen molar-refractivity contribution in [2.24, 2.45) is 0 Å². The van der Waals surface area contributed by atoms with E-state index in [1.54, 1.807) is 16.8 Å². The standard InChI is InChI=1S/C15H9F2N3O/c16-11-2-1-9(5-12(11)17)8-20-4-3-10-14(21)7-19-13(6-18)15(10)20/h1-5,7,21H,8H2. The van der Waals surface area contributed by atoms with Crippen molar-refractivity contribution in [1.82, 2.24) is 9.55 Å². The van der Waals surface area contributed by atoms with Gasteiger partial charge in [0.05, 0.1) is 11.7 Å². The van der Waals surface area contributed by atoms with E-state index in [-0.39, 0.29) is 18.0 Å². The molecule has 1 aromatic carbocycles. The van der Waals surface area contributed by atoms with E-state index in [4.69, 9.17) is 5.26 Å². The molecule has 0 bridgehead atoms. The van der Waals surface area contributed by atoms with Gasteiger partial charge < -0.3 is 9.67 Å². The summed E-state index contributed by atoms with van der Waals surface area (Å²) in [6, 6.07) is 7.22. The number of rotatable bonds is 2. The first-order chi connectivity index (χ1) is 10.1. The van der Waals surface area contributed by atoms with Gasteiger partial charge in [0.1, 0.15) is 11.8 Å². The van der Waals surface area contributed by atoms with Crippen LogP contribution in [-0.2, 0) is 6.54 Å². The lowest BCUT2D eigenvalue weighted by Gasteiger charge is -2.07. The van der Waals surface area contributed by atoms with Gasteiger partial charge in [-0.05, 0) is 23.8 Å². The lowest BCUT2D eigenvalue weighted by atomic mass is 10.2. The Morgan fingerprint density at radius 2 is 2.05 bits per heavy atom. The third kappa shape index (κ3) is 2.19. The van der Waals surface area contributed by atoms with Crippen LogP contribution in [0.1, 0.15) is 11.3 Å². The average Bonchev–Trinajstić information content (AvgIpc) is 2.89. The molecule has 2 aromatic heterocycles. The minimum absolute atomic E-state index is 0.0342. The van der Waals surface area contributed by atoms with E-state index in [0.717, 1.165) is 12.1 Å². The average molecular weight is 285 g/mol. The van der Waals surface area contributed by atoms with E-state index >= 15 is 0 Å². The lowest BCUT2D eigenvalue weighted by molar-refractivity contribution is 0.479. The van der Waals surface area contributed by atoms with Gasteiger partial charge in [-0.1, -0.05) is 6.07 Å². The fourth-order valence-electron chi connectivity index (χ4n) is 2.25. The van der Waals surface area contributed by atoms with Crippen LogP contribution in [-0.4, -0.2) is 14.7 Å². The Morgan fingerprint density at radius 1 is 1.24 bits per heavy atom. The molecule has 0 atom stereocenters. The van der Waals surface area contributed by atoms with Crippen LogP contribution in [0.5, 0.6) is 5.75 Å². The van der Waals surface area contributed by atoms with Gasteiger partial charge in [-0.3, -0.25) is 0 Å². The second-order valence-corrected chi connectivity index (χ2v) is 4.56. The molecule has 0 unspecified atom stereocenters. The van der Waals surface area contributed by atoms with Crippen molar-refractivity contribution < 1.29 is 13.9 Å². The Kier molecular flexibility index (Phi) is 3.03. The Hall–Kier alpha value is -2.94. The Balaban J connectivity index is 2.11. The van der Waals surface area contributed by atoms with E-state index in [2.05, 4.69) is 4.98 Å². The molecule has 0 saturated heterocycles. The van der Waals surface area contributed by atoms with Crippen molar-refractivity contribution in [3.05, 3.63) is 59.6 Å². The maximum Gasteiger partial charge on any atom is 0.165 e. The fourth-order valence-corrected chi connectivity index (χ4v) is 2.25. The van der Waals surface area contributed by atoms with Gasteiger partial charge in [-0.25, -0.2) is 13.8 Å². The van der Waals surface area contributed by atoms with Gasteiger partial charge in [0.15, 0.2) is 17.3 Å². The summed E-state index contributed by atoms with van der Waals surface area (Å²) in [6.45, 7) is 0.237. The van der Waals surface area contributed by atoms with Crippen molar-refractivity contribution in [2.75, 3.05) is 0 Å². The van der Waals surface area contributed by atoms with E-state index in [1.165, 1.54) is 12.3 Å². The normalized spacial score (nSPS) is 10.7. The second kappa shape index (κ2) is 4.87. The summed E-state index contributed by atoms with van der Waals surface area (Å²) in [6.07, 6.45) is 2.87. The largest absolute Gasteiger partial charge is 0.506 e. The molecule has 0 aliphatic rings. The van der Waals surface area contributed by atoms with Crippen LogP contribution in [0.2, 0.25) is 0 Å². The number of halogens is 2. The summed E-state index contributed by atoms with van der Waals surface area (Å²) in [5, 5.41) is 19.3. The molecule has 0 fully saturated rings. The summed E-state index contributed by atoms with van der Waals surface area (Å²) in [7, 11) is 0. The number of fused-ring (bicyclic) bond motifs is 1. The van der Waals surface area contributed by atoms with Crippen molar-refractivity contribution >= 4 is 10.9 Å². The number of hydrogen-bond acceptors (Lipinski definition) is 3. The predicted molar refractivity (Wildman–Crippen MR) is 71.6 cm³/mol. The highest BCUT2D eigenvalue weighted by molar-refractivity contribution is 5.89. The smallest absolute Gasteiger partial charge is 0.165 e. The number of pyridine rings is 1. The van der Waals surface area contributed by atoms with E-state index in [0.29, 0.717) is 16.5 Å². The van der Waals surface area contributed by atoms with Crippen molar-refractivity contribution in [3.8, 4) is 11.8 Å². The molecule has 0 amide bonds. The van der Waals surface area contributed by atoms with Crippen molar-refractivity contribution in [3.63, 3.8) is 0 Å². The third-order valence-corrected chi connectivity index (χ3v) is 3.22. The molecular weight excluding hydrogens is 276 g/mol. The predicted octanol–water partition coefficient (Wildman–Crippen LogP) is 2.94. The van der Waals surface area contributed by atoms with Crippen LogP contribution in [0.4, 0.5) is 8.78 Å². The summed E-state index contributed by atoms with van der Waals surface area (Å²) in [5.74, 6) is -1.87. The Morgan fingerprint density at radius 3 is 2.76 bits per heavy atom. The quantitative estimate of drug-likeness (QED) is 0.787. The molecule has 21 heavy (non-hydrogen) atoms. The van der Waals surface area contributed by atoms with Crippen molar-refractivity contribution in [2.45, 2.75) is 6.54 Å². The molecule has 0 radical (unpaired) electrons. The van der Waals surface area contributed by atoms with Gasteiger partial charge in [-0.2, -0.15) is 5.26 Å². The molecule has 0 aliphatic heterocycles. The van der Waals surface area contributed by atoms with E-state index < -0.39 is 11.6 Å². The maximum absolute atomic E-state index is 13.2. The molecule has 4 nitrogen and oxygen atoms in total. The SMILES string of the molecule is N#Cc1ncc(O)c2ccn(Cc3ccc(F)c(F)c3)c12. The molecule has 0 aliphatic carbocycles. The van der Waals surface area contributed by atoms with E-state index in [9.17, 15) is 13.9 Å². The van der Waals surface area contributed by atoms with Crippen LogP contribution in [0.25, 0.3) is 10.9 Å². The molecule has 2 heterocycles. The number of hydrogen-bond donors (Lipinski definition) is 1. The van der Waals surface area contributed by atoms with Gasteiger partial charge in [-0.15, -0.1) is 0 Å². The summed E-state index contributed by atoms with van der Waals surface area (Å²) >= 11 is 0. The Labute approximate surface area is 118 Å². The summed E-state index contributed by atoms with van der Waals surface area (Å²) < 4.78 is 27.8. The lowest BCUT2D eigenvalue weighted by Crippen LogP contribution is -2.01.